The number of benzene rings is 1. The molecule has 2 aliphatic carbocycles. The van der Waals surface area contributed by atoms with Gasteiger partial charge in [0.25, 0.3) is 0 Å². The number of hydrogen-bond acceptors (Lipinski definition) is 0. The highest BCUT2D eigenvalue weighted by Crippen LogP contribution is 2.34. The van der Waals surface area contributed by atoms with E-state index in [1.165, 1.54) is 38.5 Å². The van der Waals surface area contributed by atoms with Gasteiger partial charge in [-0.05, 0) is 35.3 Å². The number of allylic oxidation sites excluding steroid dienone is 4. The Hall–Kier alpha value is -1.08. The largest absolute Gasteiger partial charge is 0.117 e. The lowest BCUT2D eigenvalue weighted by Crippen LogP contribution is -2.25. The van der Waals surface area contributed by atoms with Crippen LogP contribution in [-0.4, -0.2) is 9.52 Å². The maximum absolute atomic E-state index is 2.39. The third kappa shape index (κ3) is 4.26. The maximum atomic E-state index is 2.39. The monoisotopic (exact) mass is 322 g/mol. The van der Waals surface area contributed by atoms with Crippen molar-refractivity contribution in [3.8, 4) is 0 Å². The highest BCUT2D eigenvalue weighted by Gasteiger charge is 2.23. The first-order chi connectivity index (χ1) is 11.0. The van der Waals surface area contributed by atoms with Gasteiger partial charge in [-0.1, -0.05) is 99.7 Å². The van der Waals surface area contributed by atoms with Crippen molar-refractivity contribution in [1.82, 2.24) is 0 Å². The summed E-state index contributed by atoms with van der Waals surface area (Å²) in [5, 5.41) is 3.26. The van der Waals surface area contributed by atoms with Crippen LogP contribution in [0.1, 0.15) is 64.9 Å². The van der Waals surface area contributed by atoms with E-state index in [9.17, 15) is 0 Å². The zero-order valence-corrected chi connectivity index (χ0v) is 16.0. The summed E-state index contributed by atoms with van der Waals surface area (Å²) in [5.41, 5.74) is 3.46. The predicted octanol–water partition coefficient (Wildman–Crippen LogP) is 5.40. The Kier molecular flexibility index (Phi) is 5.26. The molecule has 1 fully saturated rings. The van der Waals surface area contributed by atoms with Gasteiger partial charge in [-0.2, -0.15) is 0 Å². The summed E-state index contributed by atoms with van der Waals surface area (Å²) in [5.74, 6) is 0.924. The van der Waals surface area contributed by atoms with E-state index in [0.29, 0.717) is 0 Å². The molecule has 0 spiro atoms. The average molecular weight is 323 g/mol. The lowest BCUT2D eigenvalue weighted by Gasteiger charge is -2.24. The molecule has 0 amide bonds. The van der Waals surface area contributed by atoms with Crippen LogP contribution in [0.4, 0.5) is 0 Å². The van der Waals surface area contributed by atoms with E-state index in [1.54, 1.807) is 21.5 Å². The molecule has 1 heteroatoms. The molecule has 122 valence electrons. The van der Waals surface area contributed by atoms with E-state index >= 15 is 0 Å². The van der Waals surface area contributed by atoms with Crippen molar-refractivity contribution in [2.24, 2.45) is 11.3 Å². The maximum Gasteiger partial charge on any atom is 0.117 e. The van der Waals surface area contributed by atoms with Crippen molar-refractivity contribution in [2.45, 2.75) is 65.7 Å². The fraction of sp³-hybridized carbons (Fsp3) is 0.545. The van der Waals surface area contributed by atoms with Gasteiger partial charge < -0.3 is 0 Å². The van der Waals surface area contributed by atoms with Crippen molar-refractivity contribution in [3.63, 3.8) is 0 Å². The minimum Gasteiger partial charge on any atom is -0.0806 e. The van der Waals surface area contributed by atoms with E-state index in [4.69, 9.17) is 0 Å². The fourth-order valence-corrected chi connectivity index (χ4v) is 5.67. The van der Waals surface area contributed by atoms with Crippen molar-refractivity contribution >= 4 is 14.7 Å². The molecule has 1 saturated carbocycles. The first-order valence-electron chi connectivity index (χ1n) is 9.29. The molecule has 1 aromatic carbocycles. The third-order valence-corrected chi connectivity index (χ3v) is 6.81. The molecule has 0 bridgehead atoms. The van der Waals surface area contributed by atoms with Crippen molar-refractivity contribution < 1.29 is 0 Å². The minimum atomic E-state index is 0.271. The Morgan fingerprint density at radius 2 is 1.78 bits per heavy atom. The van der Waals surface area contributed by atoms with Gasteiger partial charge in [0.1, 0.15) is 9.52 Å². The summed E-state index contributed by atoms with van der Waals surface area (Å²) >= 11 is 0. The quantitative estimate of drug-likeness (QED) is 0.651. The van der Waals surface area contributed by atoms with Gasteiger partial charge in [-0.3, -0.25) is 0 Å². The van der Waals surface area contributed by atoms with Gasteiger partial charge in [-0.25, -0.2) is 0 Å². The highest BCUT2D eigenvalue weighted by atomic mass is 28.2. The second kappa shape index (κ2) is 7.21. The van der Waals surface area contributed by atoms with E-state index in [2.05, 4.69) is 57.2 Å². The summed E-state index contributed by atoms with van der Waals surface area (Å²) < 4.78 is 0. The molecule has 1 aromatic rings. The molecular weight excluding hydrogens is 292 g/mol. The van der Waals surface area contributed by atoms with Crippen LogP contribution >= 0.6 is 0 Å². The van der Waals surface area contributed by atoms with E-state index in [1.807, 2.05) is 0 Å². The summed E-state index contributed by atoms with van der Waals surface area (Å²) in [6, 6.07) is 9.23. The summed E-state index contributed by atoms with van der Waals surface area (Å²) in [4.78, 5) is 0. The van der Waals surface area contributed by atoms with Crippen LogP contribution in [0.15, 0.2) is 47.2 Å². The normalized spacial score (nSPS) is 19.6. The van der Waals surface area contributed by atoms with Gasteiger partial charge in [-0.15, -0.1) is 0 Å². The van der Waals surface area contributed by atoms with Gasteiger partial charge in [0.15, 0.2) is 0 Å². The van der Waals surface area contributed by atoms with E-state index < -0.39 is 0 Å². The molecule has 0 atom stereocenters. The van der Waals surface area contributed by atoms with Gasteiger partial charge >= 0.3 is 0 Å². The lowest BCUT2D eigenvalue weighted by atomic mass is 9.85. The van der Waals surface area contributed by atoms with Crippen molar-refractivity contribution in [3.05, 3.63) is 52.8 Å². The van der Waals surface area contributed by atoms with Crippen LogP contribution in [-0.2, 0) is 6.42 Å². The SMILES string of the molecule is CC(C)(C)C1=C([Si]c2ccccc2CC2CCCCC2)CC=C1. The zero-order chi connectivity index (χ0) is 16.3. The van der Waals surface area contributed by atoms with Crippen LogP contribution in [0, 0.1) is 11.3 Å². The van der Waals surface area contributed by atoms with E-state index in [-0.39, 0.29) is 5.41 Å². The Morgan fingerprint density at radius 3 is 2.52 bits per heavy atom. The number of rotatable bonds is 4. The van der Waals surface area contributed by atoms with Gasteiger partial charge in [0.2, 0.25) is 0 Å². The average Bonchev–Trinajstić information content (AvgIpc) is 2.99. The van der Waals surface area contributed by atoms with Crippen LogP contribution in [0.5, 0.6) is 0 Å². The molecule has 0 aromatic heterocycles. The second-order valence-electron chi connectivity index (χ2n) is 8.24. The molecule has 23 heavy (non-hydrogen) atoms. The first kappa shape index (κ1) is 16.8. The molecule has 0 nitrogen and oxygen atoms in total. The molecule has 2 aliphatic rings. The molecule has 0 N–H and O–H groups in total. The zero-order valence-electron chi connectivity index (χ0n) is 15.0. The molecular formula is C22H30Si. The van der Waals surface area contributed by atoms with E-state index in [0.717, 1.165) is 21.9 Å². The lowest BCUT2D eigenvalue weighted by molar-refractivity contribution is 0.357. The van der Waals surface area contributed by atoms with Crippen LogP contribution < -0.4 is 5.19 Å². The third-order valence-electron chi connectivity index (χ3n) is 5.28. The Balaban J connectivity index is 1.78. The van der Waals surface area contributed by atoms with Crippen molar-refractivity contribution in [2.75, 3.05) is 0 Å². The molecule has 3 rings (SSSR count). The Bertz CT molecular complexity index is 595. The van der Waals surface area contributed by atoms with Crippen LogP contribution in [0.2, 0.25) is 0 Å². The smallest absolute Gasteiger partial charge is 0.0806 e. The topological polar surface area (TPSA) is 0 Å². The van der Waals surface area contributed by atoms with Crippen molar-refractivity contribution in [1.29, 1.82) is 0 Å². The Labute approximate surface area is 144 Å². The summed E-state index contributed by atoms with van der Waals surface area (Å²) in [7, 11) is 0.849. The van der Waals surface area contributed by atoms with Crippen LogP contribution in [0.25, 0.3) is 0 Å². The molecule has 0 heterocycles. The molecule has 0 saturated heterocycles. The predicted molar refractivity (Wildman–Crippen MR) is 102 cm³/mol. The molecule has 2 radical (unpaired) electrons. The molecule has 0 unspecified atom stereocenters. The molecule has 0 aliphatic heterocycles. The van der Waals surface area contributed by atoms with Crippen LogP contribution in [0.3, 0.4) is 0 Å². The first-order valence-corrected chi connectivity index (χ1v) is 10.3. The highest BCUT2D eigenvalue weighted by molar-refractivity contribution is 6.62. The summed E-state index contributed by atoms with van der Waals surface area (Å²) in [6.45, 7) is 7.03. The van der Waals surface area contributed by atoms with Gasteiger partial charge in [0, 0.05) is 0 Å². The fourth-order valence-electron chi connectivity index (χ4n) is 4.01. The minimum absolute atomic E-state index is 0.271. The summed E-state index contributed by atoms with van der Waals surface area (Å²) in [6.07, 6.45) is 14.4. The second-order valence-corrected chi connectivity index (χ2v) is 9.63. The van der Waals surface area contributed by atoms with Gasteiger partial charge in [0.05, 0.1) is 0 Å². The Morgan fingerprint density at radius 1 is 1.04 bits per heavy atom. The standard InChI is InChI=1S/C22H30Si/c1-22(2,3)19-13-9-15-21(19)23-20-14-8-7-12-18(20)16-17-10-5-4-6-11-17/h7-9,12-14,17H,4-6,10-11,15-16H2,1-3H3. The number of hydrogen-bond donors (Lipinski definition) is 0.